The average Bonchev–Trinajstić information content (AvgIpc) is 3.02. The van der Waals surface area contributed by atoms with Gasteiger partial charge in [0.1, 0.15) is 11.6 Å². The van der Waals surface area contributed by atoms with E-state index in [9.17, 15) is 13.6 Å². The third-order valence-corrected chi connectivity index (χ3v) is 3.18. The third kappa shape index (κ3) is 3.97. The second kappa shape index (κ2) is 6.95. The van der Waals surface area contributed by atoms with E-state index in [4.69, 9.17) is 0 Å². The van der Waals surface area contributed by atoms with Gasteiger partial charge in [0.05, 0.1) is 6.54 Å². The maximum Gasteiger partial charge on any atom is 0.226 e. The van der Waals surface area contributed by atoms with Gasteiger partial charge in [-0.15, -0.1) is 10.2 Å². The Bertz CT molecular complexity index is 865. The third-order valence-electron chi connectivity index (χ3n) is 3.18. The Morgan fingerprint density at radius 1 is 1.08 bits per heavy atom. The molecule has 6 nitrogen and oxygen atoms in total. The maximum absolute atomic E-state index is 13.2. The highest BCUT2D eigenvalue weighted by molar-refractivity contribution is 5.90. The minimum Gasteiger partial charge on any atom is -0.326 e. The number of hydrogen-bond acceptors (Lipinski definition) is 4. The topological polar surface area (TPSA) is 72.7 Å². The lowest BCUT2D eigenvalue weighted by Gasteiger charge is -2.04. The Hall–Kier alpha value is -3.16. The van der Waals surface area contributed by atoms with Gasteiger partial charge in [-0.05, 0) is 35.5 Å². The van der Waals surface area contributed by atoms with Crippen LogP contribution in [0, 0.1) is 11.6 Å². The van der Waals surface area contributed by atoms with Crippen molar-refractivity contribution in [2.75, 3.05) is 5.32 Å². The van der Waals surface area contributed by atoms with Crippen LogP contribution in [-0.2, 0) is 11.3 Å². The van der Waals surface area contributed by atoms with Crippen LogP contribution in [0.2, 0.25) is 0 Å². The monoisotopic (exact) mass is 329 g/mol. The maximum atomic E-state index is 13.2. The van der Waals surface area contributed by atoms with Gasteiger partial charge in [-0.2, -0.15) is 4.80 Å². The Morgan fingerprint density at radius 3 is 2.58 bits per heavy atom. The van der Waals surface area contributed by atoms with Gasteiger partial charge in [0, 0.05) is 17.7 Å². The zero-order valence-electron chi connectivity index (χ0n) is 12.5. The highest BCUT2D eigenvalue weighted by Gasteiger charge is 2.09. The van der Waals surface area contributed by atoms with E-state index in [-0.39, 0.29) is 24.7 Å². The molecular weight excluding hydrogens is 316 g/mol. The van der Waals surface area contributed by atoms with E-state index in [1.165, 1.54) is 35.1 Å². The number of anilines is 1. The smallest absolute Gasteiger partial charge is 0.226 e. The van der Waals surface area contributed by atoms with Crippen molar-refractivity contribution in [3.05, 3.63) is 60.2 Å². The molecule has 0 spiro atoms. The molecule has 0 aliphatic carbocycles. The number of tetrazole rings is 1. The summed E-state index contributed by atoms with van der Waals surface area (Å²) in [6.07, 6.45) is 0.0927. The largest absolute Gasteiger partial charge is 0.326 e. The quantitative estimate of drug-likeness (QED) is 0.781. The lowest BCUT2D eigenvalue weighted by atomic mass is 10.2. The van der Waals surface area contributed by atoms with Gasteiger partial charge in [-0.1, -0.05) is 18.2 Å². The summed E-state index contributed by atoms with van der Waals surface area (Å²) in [5.74, 6) is -0.839. The second-order valence-corrected chi connectivity index (χ2v) is 5.03. The molecule has 0 unspecified atom stereocenters. The van der Waals surface area contributed by atoms with E-state index in [1.807, 2.05) is 0 Å². The van der Waals surface area contributed by atoms with Gasteiger partial charge < -0.3 is 5.32 Å². The van der Waals surface area contributed by atoms with Crippen LogP contribution in [0.25, 0.3) is 11.4 Å². The van der Waals surface area contributed by atoms with Gasteiger partial charge in [0.2, 0.25) is 11.7 Å². The Kier molecular flexibility index (Phi) is 4.55. The lowest BCUT2D eigenvalue weighted by Crippen LogP contribution is -2.15. The van der Waals surface area contributed by atoms with Gasteiger partial charge in [-0.25, -0.2) is 8.78 Å². The van der Waals surface area contributed by atoms with Crippen molar-refractivity contribution in [1.82, 2.24) is 20.2 Å². The van der Waals surface area contributed by atoms with Crippen LogP contribution in [0.1, 0.15) is 6.42 Å². The summed E-state index contributed by atoms with van der Waals surface area (Å²) >= 11 is 0. The van der Waals surface area contributed by atoms with Gasteiger partial charge in [0.15, 0.2) is 0 Å². The van der Waals surface area contributed by atoms with E-state index >= 15 is 0 Å². The standard InChI is InChI=1S/C16H13F2N5O/c17-12-4-1-3-11(9-12)16-20-22-23(21-16)8-7-15(24)19-14-6-2-5-13(18)10-14/h1-6,9-10H,7-8H2,(H,19,24). The van der Waals surface area contributed by atoms with Crippen LogP contribution in [0.4, 0.5) is 14.5 Å². The molecule has 0 aliphatic heterocycles. The van der Waals surface area contributed by atoms with Crippen molar-refractivity contribution in [3.8, 4) is 11.4 Å². The Labute approximate surface area is 136 Å². The first-order valence-electron chi connectivity index (χ1n) is 7.19. The predicted molar refractivity (Wildman–Crippen MR) is 82.9 cm³/mol. The summed E-state index contributed by atoms with van der Waals surface area (Å²) in [5.41, 5.74) is 0.887. The first kappa shape index (κ1) is 15.7. The molecule has 0 saturated carbocycles. The molecular formula is C16H13F2N5O. The van der Waals surface area contributed by atoms with Crippen molar-refractivity contribution in [3.63, 3.8) is 0 Å². The van der Waals surface area contributed by atoms with Crippen LogP contribution in [0.3, 0.4) is 0 Å². The molecule has 0 aliphatic rings. The summed E-state index contributed by atoms with van der Waals surface area (Å²) in [7, 11) is 0. The molecule has 24 heavy (non-hydrogen) atoms. The number of aromatic nitrogens is 4. The molecule has 3 rings (SSSR count). The fourth-order valence-corrected chi connectivity index (χ4v) is 2.07. The summed E-state index contributed by atoms with van der Waals surface area (Å²) in [6, 6.07) is 11.5. The Balaban J connectivity index is 1.58. The lowest BCUT2D eigenvalue weighted by molar-refractivity contribution is -0.116. The molecule has 0 saturated heterocycles. The molecule has 0 atom stereocenters. The minimum atomic E-state index is -0.425. The molecule has 2 aromatic carbocycles. The number of benzene rings is 2. The number of carbonyl (C=O) groups excluding carboxylic acids is 1. The molecule has 1 heterocycles. The highest BCUT2D eigenvalue weighted by atomic mass is 19.1. The fraction of sp³-hybridized carbons (Fsp3) is 0.125. The molecule has 8 heteroatoms. The molecule has 1 N–H and O–H groups in total. The molecule has 1 aromatic heterocycles. The second-order valence-electron chi connectivity index (χ2n) is 5.03. The van der Waals surface area contributed by atoms with Crippen LogP contribution in [0.15, 0.2) is 48.5 Å². The van der Waals surface area contributed by atoms with Crippen molar-refractivity contribution in [2.24, 2.45) is 0 Å². The van der Waals surface area contributed by atoms with Crippen molar-refractivity contribution in [2.45, 2.75) is 13.0 Å². The summed E-state index contributed by atoms with van der Waals surface area (Å²) < 4.78 is 26.2. The van der Waals surface area contributed by atoms with E-state index in [0.29, 0.717) is 11.3 Å². The van der Waals surface area contributed by atoms with E-state index in [0.717, 1.165) is 0 Å². The minimum absolute atomic E-state index is 0.0927. The number of aryl methyl sites for hydroxylation is 1. The number of halogens is 2. The van der Waals surface area contributed by atoms with Crippen LogP contribution < -0.4 is 5.32 Å². The summed E-state index contributed by atoms with van der Waals surface area (Å²) in [6.45, 7) is 0.198. The first-order valence-corrected chi connectivity index (χ1v) is 7.19. The first-order chi connectivity index (χ1) is 11.6. The molecule has 1 amide bonds. The number of rotatable bonds is 5. The van der Waals surface area contributed by atoms with Crippen molar-refractivity contribution in [1.29, 1.82) is 0 Å². The van der Waals surface area contributed by atoms with Crippen LogP contribution >= 0.6 is 0 Å². The van der Waals surface area contributed by atoms with Gasteiger partial charge in [0.25, 0.3) is 0 Å². The van der Waals surface area contributed by atoms with Gasteiger partial charge >= 0.3 is 0 Å². The number of nitrogens with one attached hydrogen (secondary N) is 1. The number of amides is 1. The SMILES string of the molecule is O=C(CCn1nnc(-c2cccc(F)c2)n1)Nc1cccc(F)c1. The number of carbonyl (C=O) groups is 1. The van der Waals surface area contributed by atoms with Crippen LogP contribution in [-0.4, -0.2) is 26.1 Å². The van der Waals surface area contributed by atoms with E-state index < -0.39 is 11.6 Å². The molecule has 0 fully saturated rings. The average molecular weight is 329 g/mol. The highest BCUT2D eigenvalue weighted by Crippen LogP contribution is 2.14. The van der Waals surface area contributed by atoms with Crippen molar-refractivity contribution >= 4 is 11.6 Å². The number of nitrogens with zero attached hydrogens (tertiary/aromatic N) is 4. The molecule has 3 aromatic rings. The van der Waals surface area contributed by atoms with Crippen LogP contribution in [0.5, 0.6) is 0 Å². The molecule has 0 radical (unpaired) electrons. The predicted octanol–water partition coefficient (Wildman–Crippen LogP) is 2.65. The normalized spacial score (nSPS) is 10.6. The zero-order valence-corrected chi connectivity index (χ0v) is 12.5. The van der Waals surface area contributed by atoms with E-state index in [2.05, 4.69) is 20.7 Å². The fourth-order valence-electron chi connectivity index (χ4n) is 2.07. The zero-order chi connectivity index (χ0) is 16.9. The molecule has 122 valence electrons. The summed E-state index contributed by atoms with van der Waals surface area (Å²) in [5, 5.41) is 14.3. The van der Waals surface area contributed by atoms with Gasteiger partial charge in [-0.3, -0.25) is 4.79 Å². The Morgan fingerprint density at radius 2 is 1.83 bits per heavy atom. The van der Waals surface area contributed by atoms with E-state index in [1.54, 1.807) is 18.2 Å². The number of hydrogen-bond donors (Lipinski definition) is 1. The van der Waals surface area contributed by atoms with Crippen molar-refractivity contribution < 1.29 is 13.6 Å². The summed E-state index contributed by atoms with van der Waals surface area (Å²) in [4.78, 5) is 13.1. The molecule has 0 bridgehead atoms.